The van der Waals surface area contributed by atoms with Crippen molar-refractivity contribution in [2.75, 3.05) is 0 Å². The number of rotatable bonds is 6. The van der Waals surface area contributed by atoms with Gasteiger partial charge in [0, 0.05) is 28.7 Å². The lowest BCUT2D eigenvalue weighted by molar-refractivity contribution is -0.122. The molecule has 0 aliphatic rings. The van der Waals surface area contributed by atoms with Gasteiger partial charge < -0.3 is 9.88 Å². The van der Waals surface area contributed by atoms with E-state index >= 15 is 0 Å². The molecule has 1 heterocycles. The normalized spacial score (nSPS) is 12.1. The van der Waals surface area contributed by atoms with Gasteiger partial charge in [0.15, 0.2) is 5.43 Å². The van der Waals surface area contributed by atoms with Crippen molar-refractivity contribution < 1.29 is 4.79 Å². The number of aryl methyl sites for hydroxylation is 1. The number of benzene rings is 2. The Balaban J connectivity index is 1.65. The largest absolute Gasteiger partial charge is 0.352 e. The highest BCUT2D eigenvalue weighted by molar-refractivity contribution is 6.31. The Morgan fingerprint density at radius 3 is 2.69 bits per heavy atom. The molecule has 134 valence electrons. The maximum absolute atomic E-state index is 12.4. The Morgan fingerprint density at radius 1 is 1.15 bits per heavy atom. The molecule has 0 saturated carbocycles. The maximum Gasteiger partial charge on any atom is 0.240 e. The third kappa shape index (κ3) is 4.52. The van der Waals surface area contributed by atoms with E-state index < -0.39 is 0 Å². The molecule has 0 aliphatic carbocycles. The van der Waals surface area contributed by atoms with Crippen molar-refractivity contribution in [3.63, 3.8) is 0 Å². The zero-order valence-electron chi connectivity index (χ0n) is 14.6. The number of amides is 1. The second-order valence-corrected chi connectivity index (χ2v) is 6.90. The van der Waals surface area contributed by atoms with Crippen LogP contribution in [0.25, 0.3) is 10.9 Å². The molecule has 2 aromatic carbocycles. The van der Waals surface area contributed by atoms with Crippen molar-refractivity contribution in [2.45, 2.75) is 32.4 Å². The third-order valence-electron chi connectivity index (χ3n) is 4.37. The zero-order valence-corrected chi connectivity index (χ0v) is 15.4. The SMILES string of the molecule is C[C@@H](CCc1ccccc1)NC(=O)Cn1ccc(=O)c2ccc(Cl)cc21. The molecular formula is C21H21ClN2O2. The standard InChI is InChI=1S/C21H21ClN2O2/c1-15(7-8-16-5-3-2-4-6-16)23-21(26)14-24-12-11-20(25)18-10-9-17(22)13-19(18)24/h2-6,9-13,15H,7-8,14H2,1H3,(H,23,26)/t15-/m0/s1. The molecule has 0 fully saturated rings. The average molecular weight is 369 g/mol. The van der Waals surface area contributed by atoms with Crippen LogP contribution in [0, 0.1) is 0 Å². The Hall–Kier alpha value is -2.59. The fourth-order valence-electron chi connectivity index (χ4n) is 2.99. The summed E-state index contributed by atoms with van der Waals surface area (Å²) in [6, 6.07) is 16.8. The summed E-state index contributed by atoms with van der Waals surface area (Å²) in [5.41, 5.74) is 1.84. The molecular weight excluding hydrogens is 348 g/mol. The van der Waals surface area contributed by atoms with E-state index in [2.05, 4.69) is 17.4 Å². The van der Waals surface area contributed by atoms with E-state index in [1.807, 2.05) is 25.1 Å². The first-order valence-corrected chi connectivity index (χ1v) is 9.03. The van der Waals surface area contributed by atoms with Crippen LogP contribution in [0.3, 0.4) is 0 Å². The van der Waals surface area contributed by atoms with Gasteiger partial charge in [-0.1, -0.05) is 41.9 Å². The minimum Gasteiger partial charge on any atom is -0.352 e. The van der Waals surface area contributed by atoms with Gasteiger partial charge in [0.2, 0.25) is 5.91 Å². The molecule has 1 N–H and O–H groups in total. The molecule has 1 aromatic heterocycles. The van der Waals surface area contributed by atoms with Crippen molar-refractivity contribution in [3.8, 4) is 0 Å². The van der Waals surface area contributed by atoms with Gasteiger partial charge in [-0.15, -0.1) is 0 Å². The van der Waals surface area contributed by atoms with E-state index in [1.165, 1.54) is 11.6 Å². The van der Waals surface area contributed by atoms with Crippen LogP contribution in [-0.2, 0) is 17.8 Å². The zero-order chi connectivity index (χ0) is 18.5. The molecule has 0 radical (unpaired) electrons. The number of halogens is 1. The summed E-state index contributed by atoms with van der Waals surface area (Å²) < 4.78 is 1.75. The van der Waals surface area contributed by atoms with Gasteiger partial charge >= 0.3 is 0 Å². The van der Waals surface area contributed by atoms with Crippen LogP contribution in [0.15, 0.2) is 65.6 Å². The highest BCUT2D eigenvalue weighted by atomic mass is 35.5. The summed E-state index contributed by atoms with van der Waals surface area (Å²) >= 11 is 6.05. The van der Waals surface area contributed by atoms with Crippen LogP contribution in [-0.4, -0.2) is 16.5 Å². The van der Waals surface area contributed by atoms with Gasteiger partial charge in [0.1, 0.15) is 6.54 Å². The number of hydrogen-bond acceptors (Lipinski definition) is 2. The molecule has 26 heavy (non-hydrogen) atoms. The van der Waals surface area contributed by atoms with E-state index in [4.69, 9.17) is 11.6 Å². The van der Waals surface area contributed by atoms with Crippen molar-refractivity contribution in [1.82, 2.24) is 9.88 Å². The molecule has 3 aromatic rings. The summed E-state index contributed by atoms with van der Waals surface area (Å²) in [4.78, 5) is 24.4. The quantitative estimate of drug-likeness (QED) is 0.719. The molecule has 5 heteroatoms. The fraction of sp³-hybridized carbons (Fsp3) is 0.238. The van der Waals surface area contributed by atoms with Crippen LogP contribution in [0.5, 0.6) is 0 Å². The summed E-state index contributed by atoms with van der Waals surface area (Å²) in [7, 11) is 0. The van der Waals surface area contributed by atoms with E-state index in [0.29, 0.717) is 15.9 Å². The first-order chi connectivity index (χ1) is 12.5. The molecule has 0 unspecified atom stereocenters. The van der Waals surface area contributed by atoms with Crippen molar-refractivity contribution in [2.24, 2.45) is 0 Å². The van der Waals surface area contributed by atoms with Gasteiger partial charge in [-0.05, 0) is 43.5 Å². The number of pyridine rings is 1. The number of aromatic nitrogens is 1. The molecule has 3 rings (SSSR count). The Kier molecular flexibility index (Phi) is 5.74. The number of nitrogens with one attached hydrogen (secondary N) is 1. The second kappa shape index (κ2) is 8.19. The molecule has 0 aliphatic heterocycles. The molecule has 0 bridgehead atoms. The van der Waals surface area contributed by atoms with E-state index in [-0.39, 0.29) is 23.9 Å². The van der Waals surface area contributed by atoms with Crippen molar-refractivity contribution in [1.29, 1.82) is 0 Å². The molecule has 0 spiro atoms. The lowest BCUT2D eigenvalue weighted by Gasteiger charge is -2.16. The predicted octanol–water partition coefficient (Wildman–Crippen LogP) is 3.79. The minimum absolute atomic E-state index is 0.0666. The topological polar surface area (TPSA) is 51.1 Å². The highest BCUT2D eigenvalue weighted by Gasteiger charge is 2.10. The van der Waals surface area contributed by atoms with Gasteiger partial charge in [-0.25, -0.2) is 0 Å². The maximum atomic E-state index is 12.4. The minimum atomic E-state index is -0.0875. The summed E-state index contributed by atoms with van der Waals surface area (Å²) in [6.45, 7) is 2.15. The summed E-state index contributed by atoms with van der Waals surface area (Å²) in [5, 5.41) is 4.11. The average Bonchev–Trinajstić information content (AvgIpc) is 2.63. The Morgan fingerprint density at radius 2 is 1.92 bits per heavy atom. The first-order valence-electron chi connectivity index (χ1n) is 8.65. The van der Waals surface area contributed by atoms with E-state index in [1.54, 1.807) is 29.0 Å². The van der Waals surface area contributed by atoms with Crippen LogP contribution < -0.4 is 10.7 Å². The number of carbonyl (C=O) groups excluding carboxylic acids is 1. The summed E-state index contributed by atoms with van der Waals surface area (Å²) in [6.07, 6.45) is 3.42. The van der Waals surface area contributed by atoms with E-state index in [9.17, 15) is 9.59 Å². The summed E-state index contributed by atoms with van der Waals surface area (Å²) in [5.74, 6) is -0.0875. The van der Waals surface area contributed by atoms with Gasteiger partial charge in [-0.3, -0.25) is 9.59 Å². The number of nitrogens with zero attached hydrogens (tertiary/aromatic N) is 1. The second-order valence-electron chi connectivity index (χ2n) is 6.46. The van der Waals surface area contributed by atoms with Crippen LogP contribution in [0.2, 0.25) is 5.02 Å². The number of fused-ring (bicyclic) bond motifs is 1. The Bertz CT molecular complexity index is 967. The first kappa shape index (κ1) is 18.2. The molecule has 0 saturated heterocycles. The smallest absolute Gasteiger partial charge is 0.240 e. The lowest BCUT2D eigenvalue weighted by atomic mass is 10.1. The number of carbonyl (C=O) groups is 1. The molecule has 1 atom stereocenters. The molecule has 1 amide bonds. The predicted molar refractivity (Wildman–Crippen MR) is 106 cm³/mol. The van der Waals surface area contributed by atoms with Crippen LogP contribution in [0.4, 0.5) is 0 Å². The fourth-order valence-corrected chi connectivity index (χ4v) is 3.16. The highest BCUT2D eigenvalue weighted by Crippen LogP contribution is 2.16. The lowest BCUT2D eigenvalue weighted by Crippen LogP contribution is -2.35. The monoisotopic (exact) mass is 368 g/mol. The van der Waals surface area contributed by atoms with Crippen LogP contribution >= 0.6 is 11.6 Å². The van der Waals surface area contributed by atoms with Crippen molar-refractivity contribution in [3.05, 3.63) is 81.6 Å². The molecule has 4 nitrogen and oxygen atoms in total. The third-order valence-corrected chi connectivity index (χ3v) is 4.61. The van der Waals surface area contributed by atoms with Crippen LogP contribution in [0.1, 0.15) is 18.9 Å². The van der Waals surface area contributed by atoms with E-state index in [0.717, 1.165) is 12.8 Å². The van der Waals surface area contributed by atoms with Gasteiger partial charge in [0.05, 0.1) is 5.52 Å². The van der Waals surface area contributed by atoms with Gasteiger partial charge in [-0.2, -0.15) is 0 Å². The van der Waals surface area contributed by atoms with Gasteiger partial charge in [0.25, 0.3) is 0 Å². The number of hydrogen-bond donors (Lipinski definition) is 1. The van der Waals surface area contributed by atoms with Crippen molar-refractivity contribution >= 4 is 28.4 Å². The Labute approximate surface area is 157 Å².